The highest BCUT2D eigenvalue weighted by Crippen LogP contribution is 2.25. The van der Waals surface area contributed by atoms with Gasteiger partial charge in [0.1, 0.15) is 12.6 Å². The molecule has 2 rings (SSSR count). The maximum absolute atomic E-state index is 13.6. The van der Waals surface area contributed by atoms with Gasteiger partial charge in [-0.25, -0.2) is 8.42 Å². The second-order valence-electron chi connectivity index (χ2n) is 8.52. The number of rotatable bonds is 11. The van der Waals surface area contributed by atoms with Crippen molar-refractivity contribution < 1.29 is 18.0 Å². The minimum atomic E-state index is -3.78. The average molecular weight is 543 g/mol. The maximum Gasteiger partial charge on any atom is 0.244 e. The molecular formula is C25H33Cl2N3O4S. The van der Waals surface area contributed by atoms with Crippen LogP contribution in [0.4, 0.5) is 5.69 Å². The van der Waals surface area contributed by atoms with Crippen LogP contribution in [0, 0.1) is 13.8 Å². The summed E-state index contributed by atoms with van der Waals surface area (Å²) < 4.78 is 26.4. The summed E-state index contributed by atoms with van der Waals surface area (Å²) in [6.07, 6.45) is 2.16. The Morgan fingerprint density at radius 3 is 2.23 bits per heavy atom. The zero-order chi connectivity index (χ0) is 26.3. The van der Waals surface area contributed by atoms with E-state index in [4.69, 9.17) is 23.2 Å². The lowest BCUT2D eigenvalue weighted by Crippen LogP contribution is -2.52. The van der Waals surface area contributed by atoms with E-state index in [1.807, 2.05) is 33.8 Å². The number of halogens is 2. The molecule has 192 valence electrons. The molecule has 0 radical (unpaired) electrons. The van der Waals surface area contributed by atoms with Gasteiger partial charge in [-0.1, -0.05) is 49.2 Å². The molecule has 0 bridgehead atoms. The first-order valence-corrected chi connectivity index (χ1v) is 14.1. The quantitative estimate of drug-likeness (QED) is 0.446. The van der Waals surface area contributed by atoms with E-state index in [1.54, 1.807) is 30.3 Å². The lowest BCUT2D eigenvalue weighted by Gasteiger charge is -2.33. The molecule has 0 saturated heterocycles. The van der Waals surface area contributed by atoms with E-state index in [-0.39, 0.29) is 12.5 Å². The van der Waals surface area contributed by atoms with Crippen LogP contribution in [0.15, 0.2) is 36.4 Å². The van der Waals surface area contributed by atoms with Gasteiger partial charge >= 0.3 is 0 Å². The molecule has 0 heterocycles. The SMILES string of the molecule is CCCNC(=O)C(CC)N(Cc1ccc(Cl)c(Cl)c1)C(=O)CN(c1ccc(C)c(C)c1)S(C)(=O)=O. The van der Waals surface area contributed by atoms with Crippen molar-refractivity contribution in [3.8, 4) is 0 Å². The fourth-order valence-corrected chi connectivity index (χ4v) is 4.78. The van der Waals surface area contributed by atoms with Gasteiger partial charge in [-0.3, -0.25) is 13.9 Å². The number of carbonyl (C=O) groups excluding carboxylic acids is 2. The van der Waals surface area contributed by atoms with Gasteiger partial charge in [0.15, 0.2) is 0 Å². The molecule has 1 atom stereocenters. The molecule has 7 nitrogen and oxygen atoms in total. The third-order valence-corrected chi connectivity index (χ3v) is 7.61. The third kappa shape index (κ3) is 7.85. The number of amides is 2. The van der Waals surface area contributed by atoms with Crippen molar-refractivity contribution in [2.75, 3.05) is 23.7 Å². The number of aryl methyl sites for hydroxylation is 2. The Kier molecular flexibility index (Phi) is 10.4. The first-order valence-electron chi connectivity index (χ1n) is 11.4. The summed E-state index contributed by atoms with van der Waals surface area (Å²) in [5.41, 5.74) is 2.98. The van der Waals surface area contributed by atoms with Crippen molar-refractivity contribution in [3.05, 3.63) is 63.1 Å². The van der Waals surface area contributed by atoms with Gasteiger partial charge in [0.05, 0.1) is 22.0 Å². The van der Waals surface area contributed by atoms with Gasteiger partial charge in [-0.05, 0) is 67.6 Å². The molecule has 1 unspecified atom stereocenters. The Hall–Kier alpha value is -2.29. The van der Waals surface area contributed by atoms with Crippen LogP contribution in [0.1, 0.15) is 43.4 Å². The minimum Gasteiger partial charge on any atom is -0.354 e. The average Bonchev–Trinajstić information content (AvgIpc) is 2.79. The number of nitrogens with one attached hydrogen (secondary N) is 1. The van der Waals surface area contributed by atoms with Crippen molar-refractivity contribution in [1.29, 1.82) is 0 Å². The summed E-state index contributed by atoms with van der Waals surface area (Å²) >= 11 is 12.2. The van der Waals surface area contributed by atoms with Crippen molar-refractivity contribution in [3.63, 3.8) is 0 Å². The van der Waals surface area contributed by atoms with Crippen LogP contribution >= 0.6 is 23.2 Å². The molecule has 35 heavy (non-hydrogen) atoms. The Morgan fingerprint density at radius 1 is 1.00 bits per heavy atom. The Morgan fingerprint density at radius 2 is 1.69 bits per heavy atom. The third-order valence-electron chi connectivity index (χ3n) is 5.73. The van der Waals surface area contributed by atoms with E-state index in [1.165, 1.54) is 4.90 Å². The molecule has 2 aromatic carbocycles. The van der Waals surface area contributed by atoms with Crippen molar-refractivity contribution in [1.82, 2.24) is 10.2 Å². The summed E-state index contributed by atoms with van der Waals surface area (Å²) in [4.78, 5) is 28.0. The highest BCUT2D eigenvalue weighted by Gasteiger charge is 2.31. The van der Waals surface area contributed by atoms with Crippen LogP contribution in [0.5, 0.6) is 0 Å². The number of benzene rings is 2. The molecule has 2 amide bonds. The molecule has 0 aliphatic carbocycles. The molecule has 10 heteroatoms. The number of nitrogens with zero attached hydrogens (tertiary/aromatic N) is 2. The molecule has 1 N–H and O–H groups in total. The summed E-state index contributed by atoms with van der Waals surface area (Å²) in [6, 6.07) is 9.42. The minimum absolute atomic E-state index is 0.0678. The molecule has 0 fully saturated rings. The van der Waals surface area contributed by atoms with Gasteiger partial charge in [0.25, 0.3) is 0 Å². The van der Waals surface area contributed by atoms with E-state index in [9.17, 15) is 18.0 Å². The monoisotopic (exact) mass is 541 g/mol. The van der Waals surface area contributed by atoms with E-state index in [2.05, 4.69) is 5.32 Å². The number of hydrogen-bond donors (Lipinski definition) is 1. The molecule has 2 aromatic rings. The zero-order valence-corrected chi connectivity index (χ0v) is 23.1. The molecule has 0 aliphatic rings. The Labute approximate surface area is 218 Å². The summed E-state index contributed by atoms with van der Waals surface area (Å²) in [5, 5.41) is 3.54. The predicted molar refractivity (Wildman–Crippen MR) is 142 cm³/mol. The van der Waals surface area contributed by atoms with Crippen LogP contribution < -0.4 is 9.62 Å². The van der Waals surface area contributed by atoms with E-state index < -0.39 is 28.5 Å². The maximum atomic E-state index is 13.6. The summed E-state index contributed by atoms with van der Waals surface area (Å²) in [6.45, 7) is 7.65. The van der Waals surface area contributed by atoms with Crippen molar-refractivity contribution in [2.45, 2.75) is 53.1 Å². The number of sulfonamides is 1. The van der Waals surface area contributed by atoms with Crippen LogP contribution in [0.25, 0.3) is 0 Å². The van der Waals surface area contributed by atoms with Gasteiger partial charge in [0.2, 0.25) is 21.8 Å². The summed E-state index contributed by atoms with van der Waals surface area (Å²) in [5.74, 6) is -0.793. The van der Waals surface area contributed by atoms with Gasteiger partial charge in [-0.15, -0.1) is 0 Å². The molecule has 0 spiro atoms. The number of hydrogen-bond acceptors (Lipinski definition) is 4. The van der Waals surface area contributed by atoms with E-state index >= 15 is 0 Å². The fourth-order valence-electron chi connectivity index (χ4n) is 3.61. The smallest absolute Gasteiger partial charge is 0.244 e. The van der Waals surface area contributed by atoms with Gasteiger partial charge in [0, 0.05) is 13.1 Å². The molecular weight excluding hydrogens is 509 g/mol. The van der Waals surface area contributed by atoms with Crippen LogP contribution in [-0.2, 0) is 26.2 Å². The summed E-state index contributed by atoms with van der Waals surface area (Å²) in [7, 11) is -3.78. The molecule has 0 saturated carbocycles. The Balaban J connectivity index is 2.46. The highest BCUT2D eigenvalue weighted by molar-refractivity contribution is 7.92. The highest BCUT2D eigenvalue weighted by atomic mass is 35.5. The van der Waals surface area contributed by atoms with Crippen molar-refractivity contribution >= 4 is 50.7 Å². The molecule has 0 aromatic heterocycles. The van der Waals surface area contributed by atoms with Crippen molar-refractivity contribution in [2.24, 2.45) is 0 Å². The normalized spacial score (nSPS) is 12.2. The Bertz CT molecular complexity index is 1170. The fraction of sp³-hybridized carbons (Fsp3) is 0.440. The standard InChI is InChI=1S/C25H33Cl2N3O4S/c1-6-12-28-25(32)23(7-2)29(15-19-9-11-21(26)22(27)14-19)24(31)16-30(35(5,33)34)20-10-8-17(3)18(4)13-20/h8-11,13-14,23H,6-7,12,15-16H2,1-5H3,(H,28,32). The van der Waals surface area contributed by atoms with E-state index in [0.29, 0.717) is 34.3 Å². The zero-order valence-electron chi connectivity index (χ0n) is 20.8. The predicted octanol–water partition coefficient (Wildman–Crippen LogP) is 4.71. The van der Waals surface area contributed by atoms with Gasteiger partial charge in [-0.2, -0.15) is 0 Å². The lowest BCUT2D eigenvalue weighted by atomic mass is 10.1. The number of anilines is 1. The van der Waals surface area contributed by atoms with Crippen LogP contribution in [0.3, 0.4) is 0 Å². The topological polar surface area (TPSA) is 86.8 Å². The first kappa shape index (κ1) is 28.9. The van der Waals surface area contributed by atoms with Gasteiger partial charge < -0.3 is 10.2 Å². The van der Waals surface area contributed by atoms with Crippen LogP contribution in [-0.4, -0.2) is 50.5 Å². The second kappa shape index (κ2) is 12.6. The molecule has 0 aliphatic heterocycles. The lowest BCUT2D eigenvalue weighted by molar-refractivity contribution is -0.140. The van der Waals surface area contributed by atoms with Crippen LogP contribution in [0.2, 0.25) is 10.0 Å². The second-order valence-corrected chi connectivity index (χ2v) is 11.2. The largest absolute Gasteiger partial charge is 0.354 e. The first-order chi connectivity index (χ1) is 16.4. The number of carbonyl (C=O) groups is 2. The van der Waals surface area contributed by atoms with E-state index in [0.717, 1.165) is 28.1 Å².